The van der Waals surface area contributed by atoms with Crippen molar-refractivity contribution in [2.45, 2.75) is 20.3 Å². The summed E-state index contributed by atoms with van der Waals surface area (Å²) < 4.78 is 0. The molecule has 1 atom stereocenters. The van der Waals surface area contributed by atoms with Gasteiger partial charge in [-0.3, -0.25) is 0 Å². The van der Waals surface area contributed by atoms with Crippen LogP contribution in [-0.4, -0.2) is 24.8 Å². The van der Waals surface area contributed by atoms with E-state index in [1.807, 2.05) is 6.08 Å². The number of hydrogen-bond acceptors (Lipinski definition) is 2. The van der Waals surface area contributed by atoms with Crippen LogP contribution in [0.1, 0.15) is 20.3 Å². The molecule has 0 aliphatic carbocycles. The summed E-state index contributed by atoms with van der Waals surface area (Å²) in [6, 6.07) is 0. The fourth-order valence-corrected chi connectivity index (χ4v) is 0.769. The highest BCUT2D eigenvalue weighted by molar-refractivity contribution is 4.77. The maximum Gasteiger partial charge on any atom is 0.0496 e. The molecule has 0 bridgehead atoms. The molecular weight excluding hydrogens is 138 g/mol. The first-order chi connectivity index (χ1) is 5.18. The summed E-state index contributed by atoms with van der Waals surface area (Å²) in [5, 5.41) is 12.2. The topological polar surface area (TPSA) is 32.3 Å². The quantitative estimate of drug-likeness (QED) is 0.448. The van der Waals surface area contributed by atoms with Crippen LogP contribution in [0.5, 0.6) is 0 Å². The number of aliphatic hydroxyl groups excluding tert-OH is 1. The lowest BCUT2D eigenvalue weighted by atomic mass is 9.89. The molecule has 11 heavy (non-hydrogen) atoms. The van der Waals surface area contributed by atoms with Crippen LogP contribution in [0, 0.1) is 5.41 Å². The van der Waals surface area contributed by atoms with Gasteiger partial charge >= 0.3 is 0 Å². The average molecular weight is 157 g/mol. The summed E-state index contributed by atoms with van der Waals surface area (Å²) in [4.78, 5) is 0. The Bertz CT molecular complexity index is 108. The molecule has 0 saturated heterocycles. The van der Waals surface area contributed by atoms with Gasteiger partial charge in [0.1, 0.15) is 0 Å². The molecule has 2 heteroatoms. The molecule has 0 radical (unpaired) electrons. The van der Waals surface area contributed by atoms with E-state index in [2.05, 4.69) is 25.7 Å². The van der Waals surface area contributed by atoms with Gasteiger partial charge in [-0.2, -0.15) is 0 Å². The molecule has 66 valence electrons. The third-order valence-corrected chi connectivity index (χ3v) is 2.08. The van der Waals surface area contributed by atoms with Gasteiger partial charge in [-0.1, -0.05) is 19.9 Å². The number of nitrogens with one attached hydrogen (secondary N) is 1. The van der Waals surface area contributed by atoms with Crippen molar-refractivity contribution in [1.29, 1.82) is 0 Å². The van der Waals surface area contributed by atoms with E-state index in [4.69, 9.17) is 5.11 Å². The summed E-state index contributed by atoms with van der Waals surface area (Å²) >= 11 is 0. The molecule has 0 aliphatic heterocycles. The molecule has 0 spiro atoms. The lowest BCUT2D eigenvalue weighted by molar-refractivity contribution is 0.137. The zero-order valence-corrected chi connectivity index (χ0v) is 7.56. The molecule has 1 unspecified atom stereocenters. The number of rotatable bonds is 6. The second kappa shape index (κ2) is 5.33. The SMILES string of the molecule is C=CCNCC(C)(CC)CO. The predicted molar refractivity (Wildman–Crippen MR) is 48.6 cm³/mol. The Kier molecular flexibility index (Phi) is 5.16. The van der Waals surface area contributed by atoms with Crippen LogP contribution >= 0.6 is 0 Å². The zero-order chi connectivity index (χ0) is 8.74. The minimum atomic E-state index is 0.0308. The van der Waals surface area contributed by atoms with Gasteiger partial charge < -0.3 is 10.4 Å². The van der Waals surface area contributed by atoms with Crippen molar-refractivity contribution in [2.24, 2.45) is 5.41 Å². The summed E-state index contributed by atoms with van der Waals surface area (Å²) in [7, 11) is 0. The Balaban J connectivity index is 3.59. The Morgan fingerprint density at radius 3 is 2.64 bits per heavy atom. The Morgan fingerprint density at radius 1 is 1.64 bits per heavy atom. The van der Waals surface area contributed by atoms with E-state index in [-0.39, 0.29) is 12.0 Å². The molecule has 0 fully saturated rings. The van der Waals surface area contributed by atoms with E-state index in [1.54, 1.807) is 0 Å². The monoisotopic (exact) mass is 157 g/mol. The molecule has 0 aromatic carbocycles. The van der Waals surface area contributed by atoms with Crippen LogP contribution in [-0.2, 0) is 0 Å². The summed E-state index contributed by atoms with van der Waals surface area (Å²) in [6.07, 6.45) is 2.82. The smallest absolute Gasteiger partial charge is 0.0496 e. The van der Waals surface area contributed by atoms with Crippen molar-refractivity contribution in [3.05, 3.63) is 12.7 Å². The molecule has 2 N–H and O–H groups in total. The maximum atomic E-state index is 9.02. The summed E-state index contributed by atoms with van der Waals surface area (Å²) in [5.74, 6) is 0. The van der Waals surface area contributed by atoms with Crippen LogP contribution < -0.4 is 5.32 Å². The van der Waals surface area contributed by atoms with E-state index >= 15 is 0 Å². The fraction of sp³-hybridized carbons (Fsp3) is 0.778. The second-order valence-corrected chi connectivity index (χ2v) is 3.24. The van der Waals surface area contributed by atoms with Crippen molar-refractivity contribution in [2.75, 3.05) is 19.7 Å². The van der Waals surface area contributed by atoms with E-state index in [0.717, 1.165) is 19.5 Å². The Morgan fingerprint density at radius 2 is 2.27 bits per heavy atom. The van der Waals surface area contributed by atoms with Crippen molar-refractivity contribution >= 4 is 0 Å². The highest BCUT2D eigenvalue weighted by atomic mass is 16.3. The van der Waals surface area contributed by atoms with Crippen molar-refractivity contribution in [3.63, 3.8) is 0 Å². The van der Waals surface area contributed by atoms with Gasteiger partial charge in [0.05, 0.1) is 0 Å². The molecule has 0 rings (SSSR count). The fourth-order valence-electron chi connectivity index (χ4n) is 0.769. The van der Waals surface area contributed by atoms with Gasteiger partial charge in [-0.15, -0.1) is 6.58 Å². The van der Waals surface area contributed by atoms with Crippen LogP contribution in [0.3, 0.4) is 0 Å². The van der Waals surface area contributed by atoms with Gasteiger partial charge in [0.15, 0.2) is 0 Å². The minimum absolute atomic E-state index is 0.0308. The van der Waals surface area contributed by atoms with Crippen molar-refractivity contribution in [1.82, 2.24) is 5.32 Å². The van der Waals surface area contributed by atoms with Gasteiger partial charge in [-0.05, 0) is 6.42 Å². The normalized spacial score (nSPS) is 15.9. The van der Waals surface area contributed by atoms with Gasteiger partial charge in [0, 0.05) is 25.1 Å². The standard InChI is InChI=1S/C9H19NO/c1-4-6-10-7-9(3,5-2)8-11/h4,10-11H,1,5-8H2,2-3H3. The number of aliphatic hydroxyl groups is 1. The first-order valence-electron chi connectivity index (χ1n) is 4.11. The lowest BCUT2D eigenvalue weighted by Gasteiger charge is -2.25. The molecule has 0 aliphatic rings. The minimum Gasteiger partial charge on any atom is -0.396 e. The average Bonchev–Trinajstić information content (AvgIpc) is 2.05. The molecule has 0 saturated carbocycles. The second-order valence-electron chi connectivity index (χ2n) is 3.24. The van der Waals surface area contributed by atoms with Crippen LogP contribution in [0.2, 0.25) is 0 Å². The first-order valence-corrected chi connectivity index (χ1v) is 4.11. The molecule has 2 nitrogen and oxygen atoms in total. The third-order valence-electron chi connectivity index (χ3n) is 2.08. The van der Waals surface area contributed by atoms with Crippen LogP contribution in [0.4, 0.5) is 0 Å². The first kappa shape index (κ1) is 10.7. The van der Waals surface area contributed by atoms with Gasteiger partial charge in [-0.25, -0.2) is 0 Å². The van der Waals surface area contributed by atoms with Crippen molar-refractivity contribution in [3.8, 4) is 0 Å². The Hall–Kier alpha value is -0.340. The molecular formula is C9H19NO. The molecule has 0 aromatic rings. The Labute approximate surface area is 69.3 Å². The number of hydrogen-bond donors (Lipinski definition) is 2. The van der Waals surface area contributed by atoms with Crippen LogP contribution in [0.25, 0.3) is 0 Å². The maximum absolute atomic E-state index is 9.02. The van der Waals surface area contributed by atoms with Crippen molar-refractivity contribution < 1.29 is 5.11 Å². The highest BCUT2D eigenvalue weighted by Crippen LogP contribution is 2.17. The zero-order valence-electron chi connectivity index (χ0n) is 7.56. The van der Waals surface area contributed by atoms with E-state index < -0.39 is 0 Å². The predicted octanol–water partition coefficient (Wildman–Crippen LogP) is 1.17. The van der Waals surface area contributed by atoms with E-state index in [1.165, 1.54) is 0 Å². The molecule has 0 heterocycles. The lowest BCUT2D eigenvalue weighted by Crippen LogP contribution is -2.34. The highest BCUT2D eigenvalue weighted by Gasteiger charge is 2.19. The third kappa shape index (κ3) is 4.17. The molecule has 0 aromatic heterocycles. The summed E-state index contributed by atoms with van der Waals surface area (Å²) in [5.41, 5.74) is 0.0308. The van der Waals surface area contributed by atoms with E-state index in [9.17, 15) is 0 Å². The van der Waals surface area contributed by atoms with E-state index in [0.29, 0.717) is 0 Å². The van der Waals surface area contributed by atoms with Crippen LogP contribution in [0.15, 0.2) is 12.7 Å². The van der Waals surface area contributed by atoms with Gasteiger partial charge in [0.25, 0.3) is 0 Å². The van der Waals surface area contributed by atoms with Gasteiger partial charge in [0.2, 0.25) is 0 Å². The largest absolute Gasteiger partial charge is 0.396 e. The molecule has 0 amide bonds. The summed E-state index contributed by atoms with van der Waals surface area (Å²) in [6.45, 7) is 9.68.